The molecule has 1 aromatic heterocycles. The molecule has 2 N–H and O–H groups in total. The third-order valence-electron chi connectivity index (χ3n) is 4.21. The number of ether oxygens (including phenoxy) is 1. The second-order valence-electron chi connectivity index (χ2n) is 7.77. The fraction of sp³-hybridized carbons (Fsp3) is 0.450. The van der Waals surface area contributed by atoms with Crippen LogP contribution < -0.4 is 10.6 Å². The molecule has 2 aromatic rings. The maximum atomic E-state index is 12.3. The molecule has 0 aliphatic carbocycles. The second kappa shape index (κ2) is 8.60. The van der Waals surface area contributed by atoms with Crippen LogP contribution in [0.4, 0.5) is 20.3 Å². The molecule has 28 heavy (non-hydrogen) atoms. The van der Waals surface area contributed by atoms with Crippen LogP contribution in [0.25, 0.3) is 0 Å². The van der Waals surface area contributed by atoms with Gasteiger partial charge in [0.2, 0.25) is 0 Å². The highest BCUT2D eigenvalue weighted by Crippen LogP contribution is 2.32. The van der Waals surface area contributed by atoms with Gasteiger partial charge < -0.3 is 15.0 Å². The third kappa shape index (κ3) is 5.69. The van der Waals surface area contributed by atoms with E-state index >= 15 is 0 Å². The van der Waals surface area contributed by atoms with Crippen molar-refractivity contribution in [1.82, 2.24) is 9.88 Å². The monoisotopic (exact) mass is 402 g/mol. The zero-order valence-corrected chi connectivity index (χ0v) is 17.2. The van der Waals surface area contributed by atoms with Gasteiger partial charge in [-0.05, 0) is 45.7 Å². The first-order valence-corrected chi connectivity index (χ1v) is 10.2. The molecule has 0 saturated carbocycles. The molecule has 1 fully saturated rings. The smallest absolute Gasteiger partial charge is 0.410 e. The second-order valence-corrected chi connectivity index (χ2v) is 8.84. The summed E-state index contributed by atoms with van der Waals surface area (Å²) in [5.74, 6) is 0.152. The van der Waals surface area contributed by atoms with Crippen LogP contribution >= 0.6 is 11.3 Å². The fourth-order valence-electron chi connectivity index (χ4n) is 3.00. The number of carbonyl (C=O) groups is 2. The van der Waals surface area contributed by atoms with E-state index in [9.17, 15) is 9.59 Å². The summed E-state index contributed by atoms with van der Waals surface area (Å²) >= 11 is 1.44. The number of nitrogens with zero attached hydrogens (tertiary/aromatic N) is 2. The third-order valence-corrected chi connectivity index (χ3v) is 5.29. The zero-order chi connectivity index (χ0) is 20.1. The van der Waals surface area contributed by atoms with Crippen molar-refractivity contribution in [1.29, 1.82) is 0 Å². The Morgan fingerprint density at radius 1 is 1.21 bits per heavy atom. The highest BCUT2D eigenvalue weighted by molar-refractivity contribution is 7.16. The van der Waals surface area contributed by atoms with Crippen molar-refractivity contribution in [3.8, 4) is 0 Å². The van der Waals surface area contributed by atoms with Crippen molar-refractivity contribution in [3.63, 3.8) is 0 Å². The first-order chi connectivity index (χ1) is 13.3. The molecule has 7 nitrogen and oxygen atoms in total. The van der Waals surface area contributed by atoms with Gasteiger partial charge in [0, 0.05) is 24.7 Å². The van der Waals surface area contributed by atoms with Gasteiger partial charge in [-0.15, -0.1) is 11.3 Å². The van der Waals surface area contributed by atoms with Gasteiger partial charge in [-0.1, -0.05) is 18.2 Å². The molecule has 1 saturated heterocycles. The molecule has 3 amide bonds. The van der Waals surface area contributed by atoms with E-state index in [-0.39, 0.29) is 18.0 Å². The van der Waals surface area contributed by atoms with Gasteiger partial charge in [0.05, 0.1) is 11.2 Å². The number of piperidine rings is 1. The van der Waals surface area contributed by atoms with Gasteiger partial charge in [0.15, 0.2) is 0 Å². The van der Waals surface area contributed by atoms with Gasteiger partial charge in [-0.25, -0.2) is 14.6 Å². The Balaban J connectivity index is 1.57. The van der Waals surface area contributed by atoms with Crippen LogP contribution in [0.3, 0.4) is 0 Å². The first kappa shape index (κ1) is 20.1. The van der Waals surface area contributed by atoms with E-state index in [1.54, 1.807) is 11.1 Å². The zero-order valence-electron chi connectivity index (χ0n) is 16.4. The predicted molar refractivity (Wildman–Crippen MR) is 111 cm³/mol. The lowest BCUT2D eigenvalue weighted by molar-refractivity contribution is 0.0198. The van der Waals surface area contributed by atoms with Gasteiger partial charge in [0.25, 0.3) is 0 Å². The van der Waals surface area contributed by atoms with E-state index in [1.165, 1.54) is 11.3 Å². The van der Waals surface area contributed by atoms with E-state index in [1.807, 2.05) is 51.1 Å². The Morgan fingerprint density at radius 2 is 1.96 bits per heavy atom. The van der Waals surface area contributed by atoms with Crippen molar-refractivity contribution in [2.24, 2.45) is 0 Å². The number of rotatable bonds is 3. The van der Waals surface area contributed by atoms with Gasteiger partial charge >= 0.3 is 12.1 Å². The summed E-state index contributed by atoms with van der Waals surface area (Å²) in [6.45, 7) is 6.88. The summed E-state index contributed by atoms with van der Waals surface area (Å²) in [7, 11) is 0. The molecule has 8 heteroatoms. The molecule has 2 heterocycles. The van der Waals surface area contributed by atoms with Crippen LogP contribution in [0.1, 0.15) is 44.5 Å². The molecule has 1 atom stereocenters. The summed E-state index contributed by atoms with van der Waals surface area (Å²) in [5, 5.41) is 7.20. The number of aromatic nitrogens is 1. The van der Waals surface area contributed by atoms with Crippen molar-refractivity contribution in [2.75, 3.05) is 23.7 Å². The van der Waals surface area contributed by atoms with E-state index < -0.39 is 5.60 Å². The normalized spacial score (nSPS) is 17.1. The van der Waals surface area contributed by atoms with Gasteiger partial charge in [0.1, 0.15) is 10.6 Å². The molecule has 0 bridgehead atoms. The highest BCUT2D eigenvalue weighted by atomic mass is 32.1. The van der Waals surface area contributed by atoms with E-state index in [0.717, 1.165) is 23.5 Å². The summed E-state index contributed by atoms with van der Waals surface area (Å²) in [5.41, 5.74) is 0.221. The molecule has 3 rings (SSSR count). The summed E-state index contributed by atoms with van der Waals surface area (Å²) in [6, 6.07) is 8.96. The molecule has 150 valence electrons. The standard InChI is InChI=1S/C20H26N4O3S/c1-20(2,3)27-19(26)24-11-7-8-14(13-24)17-21-12-16(28-17)23-18(25)22-15-9-5-4-6-10-15/h4-6,9-10,12,14H,7-8,11,13H2,1-3H3,(H2,22,23,25). The lowest BCUT2D eigenvalue weighted by atomic mass is 9.99. The van der Waals surface area contributed by atoms with E-state index in [2.05, 4.69) is 15.6 Å². The number of nitrogens with one attached hydrogen (secondary N) is 2. The van der Waals surface area contributed by atoms with Crippen molar-refractivity contribution < 1.29 is 14.3 Å². The minimum atomic E-state index is -0.506. The van der Waals surface area contributed by atoms with Gasteiger partial charge in [-0.2, -0.15) is 0 Å². The SMILES string of the molecule is CC(C)(C)OC(=O)N1CCCC(c2ncc(NC(=O)Nc3ccccc3)s2)C1. The Labute approximate surface area is 169 Å². The Morgan fingerprint density at radius 3 is 2.68 bits per heavy atom. The molecule has 0 radical (unpaired) electrons. The molecule has 1 aliphatic rings. The number of para-hydroxylation sites is 1. The number of hydrogen-bond acceptors (Lipinski definition) is 5. The van der Waals surface area contributed by atoms with Crippen LogP contribution in [0.15, 0.2) is 36.5 Å². The Bertz CT molecular complexity index is 816. The molecular weight excluding hydrogens is 376 g/mol. The minimum absolute atomic E-state index is 0.152. The average molecular weight is 403 g/mol. The van der Waals surface area contributed by atoms with Crippen LogP contribution in [0, 0.1) is 0 Å². The lowest BCUT2D eigenvalue weighted by Crippen LogP contribution is -2.42. The van der Waals surface area contributed by atoms with E-state index in [0.29, 0.717) is 18.1 Å². The van der Waals surface area contributed by atoms with Crippen LogP contribution in [0.2, 0.25) is 0 Å². The number of likely N-dealkylation sites (tertiary alicyclic amines) is 1. The number of thiazole rings is 1. The molecule has 1 aromatic carbocycles. The quantitative estimate of drug-likeness (QED) is 0.765. The first-order valence-electron chi connectivity index (χ1n) is 9.37. The Hall–Kier alpha value is -2.61. The predicted octanol–water partition coefficient (Wildman–Crippen LogP) is 4.90. The Kier molecular flexibility index (Phi) is 6.18. The number of hydrogen-bond donors (Lipinski definition) is 2. The van der Waals surface area contributed by atoms with Gasteiger partial charge in [-0.3, -0.25) is 5.32 Å². The highest BCUT2D eigenvalue weighted by Gasteiger charge is 2.29. The number of amides is 3. The average Bonchev–Trinajstić information content (AvgIpc) is 3.09. The van der Waals surface area contributed by atoms with E-state index in [4.69, 9.17) is 4.74 Å². The summed E-state index contributed by atoms with van der Waals surface area (Å²) in [4.78, 5) is 30.7. The molecular formula is C20H26N4O3S. The van der Waals surface area contributed by atoms with Crippen molar-refractivity contribution in [3.05, 3.63) is 41.5 Å². The molecule has 1 unspecified atom stereocenters. The largest absolute Gasteiger partial charge is 0.444 e. The summed E-state index contributed by atoms with van der Waals surface area (Å²) in [6.07, 6.45) is 3.24. The van der Waals surface area contributed by atoms with Crippen molar-refractivity contribution in [2.45, 2.75) is 45.1 Å². The maximum absolute atomic E-state index is 12.3. The topological polar surface area (TPSA) is 83.6 Å². The van der Waals surface area contributed by atoms with Crippen molar-refractivity contribution >= 4 is 34.1 Å². The molecule has 1 aliphatic heterocycles. The number of benzene rings is 1. The lowest BCUT2D eigenvalue weighted by Gasteiger charge is -2.33. The number of urea groups is 1. The summed E-state index contributed by atoms with van der Waals surface area (Å²) < 4.78 is 5.48. The minimum Gasteiger partial charge on any atom is -0.444 e. The van der Waals surface area contributed by atoms with Crippen LogP contribution in [0.5, 0.6) is 0 Å². The van der Waals surface area contributed by atoms with Crippen LogP contribution in [-0.2, 0) is 4.74 Å². The van der Waals surface area contributed by atoms with Crippen LogP contribution in [-0.4, -0.2) is 40.7 Å². The number of anilines is 2. The fourth-order valence-corrected chi connectivity index (χ4v) is 3.94. The molecule has 0 spiro atoms. The number of carbonyl (C=O) groups excluding carboxylic acids is 2. The maximum Gasteiger partial charge on any atom is 0.410 e.